The minimum absolute atomic E-state index is 0.552. The summed E-state index contributed by atoms with van der Waals surface area (Å²) in [7, 11) is 0. The first-order valence-corrected chi connectivity index (χ1v) is 5.03. The Labute approximate surface area is 85.3 Å². The number of ether oxygens (including phenoxy) is 1. The predicted molar refractivity (Wildman–Crippen MR) is 58.2 cm³/mol. The second kappa shape index (κ2) is 5.47. The van der Waals surface area contributed by atoms with Crippen LogP contribution in [0.1, 0.15) is 26.7 Å². The van der Waals surface area contributed by atoms with E-state index >= 15 is 0 Å². The van der Waals surface area contributed by atoms with Gasteiger partial charge >= 0.3 is 0 Å². The molecule has 1 aromatic heterocycles. The van der Waals surface area contributed by atoms with Crippen LogP contribution in [-0.2, 0) is 0 Å². The van der Waals surface area contributed by atoms with Crippen molar-refractivity contribution in [1.29, 1.82) is 0 Å². The van der Waals surface area contributed by atoms with Gasteiger partial charge in [0.1, 0.15) is 0 Å². The molecule has 3 heteroatoms. The molecule has 0 radical (unpaired) electrons. The Morgan fingerprint density at radius 2 is 2.29 bits per heavy atom. The number of pyridine rings is 1. The molecule has 1 rings (SSSR count). The van der Waals surface area contributed by atoms with Gasteiger partial charge in [0.25, 0.3) is 0 Å². The fraction of sp³-hybridized carbons (Fsp3) is 0.545. The average Bonchev–Trinajstić information content (AvgIpc) is 2.15. The summed E-state index contributed by atoms with van der Waals surface area (Å²) in [5.41, 5.74) is 6.28. The van der Waals surface area contributed by atoms with Crippen molar-refractivity contribution in [3.63, 3.8) is 0 Å². The van der Waals surface area contributed by atoms with Gasteiger partial charge in [-0.05, 0) is 30.9 Å². The van der Waals surface area contributed by atoms with Gasteiger partial charge in [-0.1, -0.05) is 13.8 Å². The van der Waals surface area contributed by atoms with E-state index in [-0.39, 0.29) is 0 Å². The summed E-state index contributed by atoms with van der Waals surface area (Å²) in [5.74, 6) is 1.27. The van der Waals surface area contributed by atoms with Crippen molar-refractivity contribution in [3.8, 4) is 5.88 Å². The molecule has 0 aliphatic rings. The summed E-state index contributed by atoms with van der Waals surface area (Å²) in [4.78, 5) is 4.05. The van der Waals surface area contributed by atoms with Crippen LogP contribution >= 0.6 is 0 Å². The zero-order valence-electron chi connectivity index (χ0n) is 8.86. The van der Waals surface area contributed by atoms with Gasteiger partial charge in [-0.2, -0.15) is 0 Å². The van der Waals surface area contributed by atoms with Crippen molar-refractivity contribution in [1.82, 2.24) is 4.98 Å². The molecule has 0 unspecified atom stereocenters. The highest BCUT2D eigenvalue weighted by molar-refractivity contribution is 5.46. The van der Waals surface area contributed by atoms with Gasteiger partial charge in [-0.15, -0.1) is 0 Å². The topological polar surface area (TPSA) is 48.1 Å². The summed E-state index contributed by atoms with van der Waals surface area (Å²) in [6.45, 7) is 5.10. The molecule has 0 aliphatic carbocycles. The molecule has 0 aromatic carbocycles. The molecule has 1 heterocycles. The van der Waals surface area contributed by atoms with Crippen molar-refractivity contribution in [2.45, 2.75) is 26.7 Å². The van der Waals surface area contributed by atoms with E-state index in [9.17, 15) is 0 Å². The SMILES string of the molecule is CC(C)CCCOc1ncccc1N. The van der Waals surface area contributed by atoms with Gasteiger partial charge in [0.05, 0.1) is 12.3 Å². The van der Waals surface area contributed by atoms with Crippen LogP contribution in [0.3, 0.4) is 0 Å². The highest BCUT2D eigenvalue weighted by Gasteiger charge is 2.00. The molecule has 0 bridgehead atoms. The molecule has 0 aliphatic heterocycles. The lowest BCUT2D eigenvalue weighted by atomic mass is 10.1. The molecule has 0 fully saturated rings. The first-order chi connectivity index (χ1) is 6.70. The normalized spacial score (nSPS) is 10.5. The van der Waals surface area contributed by atoms with Crippen molar-refractivity contribution in [2.24, 2.45) is 5.92 Å². The van der Waals surface area contributed by atoms with Crippen molar-refractivity contribution in [2.75, 3.05) is 12.3 Å². The van der Waals surface area contributed by atoms with Crippen molar-refractivity contribution in [3.05, 3.63) is 18.3 Å². The average molecular weight is 194 g/mol. The number of aromatic nitrogens is 1. The largest absolute Gasteiger partial charge is 0.476 e. The van der Waals surface area contributed by atoms with Crippen molar-refractivity contribution < 1.29 is 4.74 Å². The number of rotatable bonds is 5. The lowest BCUT2D eigenvalue weighted by molar-refractivity contribution is 0.289. The number of hydrogen-bond acceptors (Lipinski definition) is 3. The molecule has 0 spiro atoms. The summed E-state index contributed by atoms with van der Waals surface area (Å²) >= 11 is 0. The maximum Gasteiger partial charge on any atom is 0.237 e. The third kappa shape index (κ3) is 3.64. The number of nitrogens with zero attached hydrogens (tertiary/aromatic N) is 1. The summed E-state index contributed by atoms with van der Waals surface area (Å²) in [5, 5.41) is 0. The van der Waals surface area contributed by atoms with Crippen LogP contribution in [0.5, 0.6) is 5.88 Å². The summed E-state index contributed by atoms with van der Waals surface area (Å²) in [6, 6.07) is 3.60. The maximum absolute atomic E-state index is 5.68. The smallest absolute Gasteiger partial charge is 0.237 e. The van der Waals surface area contributed by atoms with E-state index in [4.69, 9.17) is 10.5 Å². The molecule has 0 amide bonds. The Bertz CT molecular complexity index is 274. The predicted octanol–water partition coefficient (Wildman–Crippen LogP) is 2.48. The van der Waals surface area contributed by atoms with Crippen LogP contribution in [0.4, 0.5) is 5.69 Å². The second-order valence-electron chi connectivity index (χ2n) is 3.78. The molecule has 78 valence electrons. The van der Waals surface area contributed by atoms with E-state index in [1.165, 1.54) is 6.42 Å². The Balaban J connectivity index is 2.28. The van der Waals surface area contributed by atoms with Gasteiger partial charge < -0.3 is 10.5 Å². The van der Waals surface area contributed by atoms with Crippen LogP contribution in [0.2, 0.25) is 0 Å². The van der Waals surface area contributed by atoms with Crippen molar-refractivity contribution >= 4 is 5.69 Å². The Hall–Kier alpha value is -1.25. The third-order valence-electron chi connectivity index (χ3n) is 1.97. The molecular weight excluding hydrogens is 176 g/mol. The third-order valence-corrected chi connectivity index (χ3v) is 1.97. The zero-order valence-corrected chi connectivity index (χ0v) is 8.86. The number of nitrogen functional groups attached to an aromatic ring is 1. The van der Waals surface area contributed by atoms with E-state index in [0.29, 0.717) is 18.2 Å². The molecule has 0 saturated carbocycles. The van der Waals surface area contributed by atoms with E-state index in [2.05, 4.69) is 18.8 Å². The Morgan fingerprint density at radius 3 is 2.93 bits per heavy atom. The molecule has 0 atom stereocenters. The standard InChI is InChI=1S/C11H18N2O/c1-9(2)5-4-8-14-11-10(12)6-3-7-13-11/h3,6-7,9H,4-5,8,12H2,1-2H3. The fourth-order valence-corrected chi connectivity index (χ4v) is 1.18. The zero-order chi connectivity index (χ0) is 10.4. The van der Waals surface area contributed by atoms with Gasteiger partial charge in [-0.25, -0.2) is 4.98 Å². The summed E-state index contributed by atoms with van der Waals surface area (Å²) in [6.07, 6.45) is 3.91. The molecule has 3 nitrogen and oxygen atoms in total. The highest BCUT2D eigenvalue weighted by Crippen LogP contribution is 2.16. The van der Waals surface area contributed by atoms with Crippen LogP contribution in [0.25, 0.3) is 0 Å². The second-order valence-corrected chi connectivity index (χ2v) is 3.78. The van der Waals surface area contributed by atoms with Crippen LogP contribution < -0.4 is 10.5 Å². The van der Waals surface area contributed by atoms with Gasteiger partial charge in [0.2, 0.25) is 5.88 Å². The molecular formula is C11H18N2O. The first-order valence-electron chi connectivity index (χ1n) is 5.03. The van der Waals surface area contributed by atoms with E-state index in [1.807, 2.05) is 0 Å². The minimum atomic E-state index is 0.552. The van der Waals surface area contributed by atoms with Crippen LogP contribution in [0.15, 0.2) is 18.3 Å². The molecule has 2 N–H and O–H groups in total. The van der Waals surface area contributed by atoms with Gasteiger partial charge in [0.15, 0.2) is 0 Å². The fourth-order valence-electron chi connectivity index (χ4n) is 1.18. The molecule has 1 aromatic rings. The highest BCUT2D eigenvalue weighted by atomic mass is 16.5. The number of anilines is 1. The quantitative estimate of drug-likeness (QED) is 0.732. The van der Waals surface area contributed by atoms with E-state index in [0.717, 1.165) is 12.3 Å². The number of hydrogen-bond donors (Lipinski definition) is 1. The lowest BCUT2D eigenvalue weighted by Gasteiger charge is -2.08. The first kappa shape index (κ1) is 10.8. The molecule has 14 heavy (non-hydrogen) atoms. The van der Waals surface area contributed by atoms with E-state index < -0.39 is 0 Å². The Morgan fingerprint density at radius 1 is 1.50 bits per heavy atom. The van der Waals surface area contributed by atoms with Crippen LogP contribution in [0, 0.1) is 5.92 Å². The minimum Gasteiger partial charge on any atom is -0.476 e. The monoisotopic (exact) mass is 194 g/mol. The van der Waals surface area contributed by atoms with Crippen LogP contribution in [-0.4, -0.2) is 11.6 Å². The molecule has 0 saturated heterocycles. The number of nitrogens with two attached hydrogens (primary N) is 1. The summed E-state index contributed by atoms with van der Waals surface area (Å²) < 4.78 is 5.45. The van der Waals surface area contributed by atoms with Gasteiger partial charge in [0, 0.05) is 6.20 Å². The Kier molecular flexibility index (Phi) is 4.23. The maximum atomic E-state index is 5.68. The van der Waals surface area contributed by atoms with E-state index in [1.54, 1.807) is 18.3 Å². The van der Waals surface area contributed by atoms with Gasteiger partial charge in [-0.3, -0.25) is 0 Å². The lowest BCUT2D eigenvalue weighted by Crippen LogP contribution is -2.03.